The Morgan fingerprint density at radius 2 is 1.88 bits per heavy atom. The molecule has 2 rings (SSSR count). The number of hydrogen-bond donors (Lipinski definition) is 2. The normalized spacial score (nSPS) is 32.2. The topological polar surface area (TPSA) is 84.5 Å². The molecule has 2 aliphatic rings. The highest BCUT2D eigenvalue weighted by Gasteiger charge is 2.54. The standard InChI is InChI=1S/C10H13BrN2O4/c1-5-2-10(3-6(4-11)17-5)7(14)12-9(16)13-8(10)15/h5-6H,2-4H2,1H3,(H2,12,13,14,15,16). The van der Waals surface area contributed by atoms with Crippen molar-refractivity contribution < 1.29 is 19.1 Å². The molecule has 17 heavy (non-hydrogen) atoms. The third-order valence-corrected chi connectivity index (χ3v) is 3.85. The minimum absolute atomic E-state index is 0.198. The fourth-order valence-electron chi connectivity index (χ4n) is 2.43. The fourth-order valence-corrected chi connectivity index (χ4v) is 2.81. The third-order valence-electron chi connectivity index (χ3n) is 3.13. The maximum Gasteiger partial charge on any atom is 0.328 e. The molecule has 0 radical (unpaired) electrons. The van der Waals surface area contributed by atoms with E-state index in [0.29, 0.717) is 11.8 Å². The Hall–Kier alpha value is -0.950. The quantitative estimate of drug-likeness (QED) is 0.539. The highest BCUT2D eigenvalue weighted by Crippen LogP contribution is 2.38. The SMILES string of the molecule is CC1CC2(CC(CBr)O1)C(=O)NC(=O)NC2=O. The van der Waals surface area contributed by atoms with Gasteiger partial charge in [0.2, 0.25) is 11.8 Å². The molecule has 0 aromatic heterocycles. The molecule has 2 heterocycles. The van der Waals surface area contributed by atoms with Gasteiger partial charge in [0.15, 0.2) is 0 Å². The molecule has 2 N–H and O–H groups in total. The number of rotatable bonds is 1. The van der Waals surface area contributed by atoms with Crippen LogP contribution in [-0.2, 0) is 14.3 Å². The lowest BCUT2D eigenvalue weighted by Crippen LogP contribution is -2.65. The van der Waals surface area contributed by atoms with E-state index in [1.54, 1.807) is 0 Å². The summed E-state index contributed by atoms with van der Waals surface area (Å²) >= 11 is 3.28. The predicted molar refractivity (Wildman–Crippen MR) is 61.5 cm³/mol. The van der Waals surface area contributed by atoms with E-state index in [2.05, 4.69) is 26.6 Å². The lowest BCUT2D eigenvalue weighted by Gasteiger charge is -2.42. The van der Waals surface area contributed by atoms with Gasteiger partial charge >= 0.3 is 6.03 Å². The van der Waals surface area contributed by atoms with Crippen LogP contribution in [0.2, 0.25) is 0 Å². The van der Waals surface area contributed by atoms with Crippen molar-refractivity contribution in [1.29, 1.82) is 0 Å². The zero-order valence-corrected chi connectivity index (χ0v) is 10.9. The summed E-state index contributed by atoms with van der Waals surface area (Å²) in [6.07, 6.45) is 0.175. The summed E-state index contributed by atoms with van der Waals surface area (Å²) in [6.45, 7) is 1.81. The summed E-state index contributed by atoms with van der Waals surface area (Å²) in [5.41, 5.74) is -1.18. The molecular weight excluding hydrogens is 292 g/mol. The largest absolute Gasteiger partial charge is 0.374 e. The zero-order chi connectivity index (χ0) is 12.6. The van der Waals surface area contributed by atoms with Crippen LogP contribution in [0.5, 0.6) is 0 Å². The van der Waals surface area contributed by atoms with E-state index in [1.807, 2.05) is 6.92 Å². The molecule has 0 aromatic rings. The van der Waals surface area contributed by atoms with Crippen LogP contribution in [0.4, 0.5) is 4.79 Å². The van der Waals surface area contributed by atoms with Gasteiger partial charge in [-0.3, -0.25) is 20.2 Å². The van der Waals surface area contributed by atoms with E-state index >= 15 is 0 Å². The Kier molecular flexibility index (Phi) is 3.22. The Balaban J connectivity index is 2.29. The number of barbiturate groups is 1. The van der Waals surface area contributed by atoms with Crippen molar-refractivity contribution in [3.63, 3.8) is 0 Å². The number of urea groups is 1. The Morgan fingerprint density at radius 1 is 1.29 bits per heavy atom. The first-order valence-electron chi connectivity index (χ1n) is 5.36. The second-order valence-electron chi connectivity index (χ2n) is 4.45. The van der Waals surface area contributed by atoms with Gasteiger partial charge in [0.05, 0.1) is 12.2 Å². The lowest BCUT2D eigenvalue weighted by molar-refractivity contribution is -0.159. The zero-order valence-electron chi connectivity index (χ0n) is 9.29. The van der Waals surface area contributed by atoms with E-state index in [0.717, 1.165) is 0 Å². The van der Waals surface area contributed by atoms with Crippen molar-refractivity contribution in [3.05, 3.63) is 0 Å². The number of alkyl halides is 1. The van der Waals surface area contributed by atoms with Crippen molar-refractivity contribution in [2.24, 2.45) is 5.41 Å². The molecule has 2 aliphatic heterocycles. The molecule has 0 aliphatic carbocycles. The number of halogens is 1. The molecule has 2 unspecified atom stereocenters. The second-order valence-corrected chi connectivity index (χ2v) is 5.10. The maximum absolute atomic E-state index is 11.9. The maximum atomic E-state index is 11.9. The van der Waals surface area contributed by atoms with Crippen LogP contribution in [-0.4, -0.2) is 35.4 Å². The number of carbonyl (C=O) groups excluding carboxylic acids is 3. The summed E-state index contributed by atoms with van der Waals surface area (Å²) in [4.78, 5) is 34.9. The molecule has 2 fully saturated rings. The number of carbonyl (C=O) groups is 3. The molecule has 1 spiro atoms. The molecule has 6 nitrogen and oxygen atoms in total. The van der Waals surface area contributed by atoms with Gasteiger partial charge < -0.3 is 4.74 Å². The van der Waals surface area contributed by atoms with E-state index in [1.165, 1.54) is 0 Å². The van der Waals surface area contributed by atoms with Gasteiger partial charge in [-0.15, -0.1) is 0 Å². The van der Waals surface area contributed by atoms with Crippen LogP contribution < -0.4 is 10.6 Å². The van der Waals surface area contributed by atoms with Crippen molar-refractivity contribution >= 4 is 33.8 Å². The number of hydrogen-bond acceptors (Lipinski definition) is 4. The molecule has 4 amide bonds. The van der Waals surface area contributed by atoms with Crippen LogP contribution in [0, 0.1) is 5.41 Å². The average molecular weight is 305 g/mol. The monoisotopic (exact) mass is 304 g/mol. The minimum Gasteiger partial charge on any atom is -0.374 e. The first-order valence-corrected chi connectivity index (χ1v) is 6.48. The first-order chi connectivity index (χ1) is 7.98. The fraction of sp³-hybridized carbons (Fsp3) is 0.700. The Morgan fingerprint density at radius 3 is 2.41 bits per heavy atom. The Labute approximate surface area is 107 Å². The minimum atomic E-state index is -1.18. The summed E-state index contributed by atoms with van der Waals surface area (Å²) < 4.78 is 5.59. The van der Waals surface area contributed by atoms with Crippen LogP contribution in [0.25, 0.3) is 0 Å². The number of imide groups is 2. The number of amides is 4. The molecule has 0 bridgehead atoms. The lowest BCUT2D eigenvalue weighted by atomic mass is 9.73. The third kappa shape index (κ3) is 2.09. The molecule has 94 valence electrons. The summed E-state index contributed by atoms with van der Waals surface area (Å²) in [6, 6.07) is -0.750. The summed E-state index contributed by atoms with van der Waals surface area (Å²) in [5, 5.41) is 4.86. The van der Waals surface area contributed by atoms with Gasteiger partial charge in [-0.1, -0.05) is 15.9 Å². The van der Waals surface area contributed by atoms with Crippen molar-refractivity contribution in [2.75, 3.05) is 5.33 Å². The molecule has 2 saturated heterocycles. The van der Waals surface area contributed by atoms with Crippen LogP contribution in [0.3, 0.4) is 0 Å². The molecule has 2 atom stereocenters. The molecule has 0 saturated carbocycles. The first kappa shape index (κ1) is 12.5. The van der Waals surface area contributed by atoms with Crippen molar-refractivity contribution in [2.45, 2.75) is 32.0 Å². The van der Waals surface area contributed by atoms with E-state index < -0.39 is 23.3 Å². The van der Waals surface area contributed by atoms with Gasteiger partial charge in [0, 0.05) is 5.33 Å². The predicted octanol–water partition coefficient (Wildman–Crippen LogP) is 0.301. The van der Waals surface area contributed by atoms with Gasteiger partial charge in [0.1, 0.15) is 5.41 Å². The van der Waals surface area contributed by atoms with E-state index in [9.17, 15) is 14.4 Å². The number of nitrogens with one attached hydrogen (secondary N) is 2. The molecule has 0 aromatic carbocycles. The van der Waals surface area contributed by atoms with E-state index in [4.69, 9.17) is 4.74 Å². The van der Waals surface area contributed by atoms with Crippen molar-refractivity contribution in [3.8, 4) is 0 Å². The van der Waals surface area contributed by atoms with Crippen LogP contribution in [0.15, 0.2) is 0 Å². The van der Waals surface area contributed by atoms with Gasteiger partial charge in [0.25, 0.3) is 0 Å². The average Bonchev–Trinajstić information content (AvgIpc) is 2.25. The highest BCUT2D eigenvalue weighted by atomic mass is 79.9. The van der Waals surface area contributed by atoms with Crippen LogP contribution >= 0.6 is 15.9 Å². The Bertz CT molecular complexity index is 365. The van der Waals surface area contributed by atoms with Gasteiger partial charge in [-0.05, 0) is 19.8 Å². The summed E-state index contributed by atoms with van der Waals surface area (Å²) in [7, 11) is 0. The second kappa shape index (κ2) is 4.38. The smallest absolute Gasteiger partial charge is 0.328 e. The van der Waals surface area contributed by atoms with Crippen LogP contribution in [0.1, 0.15) is 19.8 Å². The summed E-state index contributed by atoms with van der Waals surface area (Å²) in [5.74, 6) is -1.04. The molecule has 7 heteroatoms. The highest BCUT2D eigenvalue weighted by molar-refractivity contribution is 9.09. The number of ether oxygens (including phenoxy) is 1. The van der Waals surface area contributed by atoms with E-state index in [-0.39, 0.29) is 18.6 Å². The van der Waals surface area contributed by atoms with Crippen molar-refractivity contribution in [1.82, 2.24) is 10.6 Å². The van der Waals surface area contributed by atoms with Gasteiger partial charge in [-0.25, -0.2) is 4.79 Å². The molecular formula is C10H13BrN2O4. The van der Waals surface area contributed by atoms with Gasteiger partial charge in [-0.2, -0.15) is 0 Å².